The van der Waals surface area contributed by atoms with Crippen LogP contribution >= 0.6 is 11.8 Å². The van der Waals surface area contributed by atoms with Gasteiger partial charge in [0.1, 0.15) is 0 Å². The summed E-state index contributed by atoms with van der Waals surface area (Å²) in [6.45, 7) is 0. The van der Waals surface area contributed by atoms with Gasteiger partial charge in [-0.25, -0.2) is 0 Å². The molecule has 1 aromatic heterocycles. The van der Waals surface area contributed by atoms with Crippen LogP contribution in [0, 0.1) is 0 Å². The van der Waals surface area contributed by atoms with Crippen molar-refractivity contribution < 1.29 is 0 Å². The van der Waals surface area contributed by atoms with Gasteiger partial charge in [-0.15, -0.1) is 11.8 Å². The molecular weight excluding hydrogens is 182 g/mol. The van der Waals surface area contributed by atoms with E-state index < -0.39 is 0 Å². The summed E-state index contributed by atoms with van der Waals surface area (Å²) in [6, 6.07) is 0.380. The molecule has 0 bridgehead atoms. The summed E-state index contributed by atoms with van der Waals surface area (Å²) in [4.78, 5) is 1.24. The minimum Gasteiger partial charge on any atom is -0.327 e. The fourth-order valence-corrected chi connectivity index (χ4v) is 3.00. The van der Waals surface area contributed by atoms with E-state index in [1.807, 2.05) is 29.7 Å². The molecule has 0 saturated heterocycles. The van der Waals surface area contributed by atoms with Crippen LogP contribution in [-0.4, -0.2) is 21.1 Å². The number of hydrogen-bond donors (Lipinski definition) is 1. The summed E-state index contributed by atoms with van der Waals surface area (Å²) in [5, 5.41) is 4.74. The monoisotopic (exact) mass is 197 g/mol. The average Bonchev–Trinajstić information content (AvgIpc) is 2.64. The molecule has 13 heavy (non-hydrogen) atoms. The maximum absolute atomic E-state index is 5.99. The van der Waals surface area contributed by atoms with Gasteiger partial charge in [-0.2, -0.15) is 5.10 Å². The second kappa shape index (κ2) is 3.72. The third-order valence-electron chi connectivity index (χ3n) is 2.47. The lowest BCUT2D eigenvalue weighted by Gasteiger charge is -2.12. The zero-order valence-electron chi connectivity index (χ0n) is 7.81. The van der Waals surface area contributed by atoms with Crippen LogP contribution in [0.3, 0.4) is 0 Å². The van der Waals surface area contributed by atoms with E-state index in [0.29, 0.717) is 11.3 Å². The van der Waals surface area contributed by atoms with Crippen LogP contribution in [0.2, 0.25) is 0 Å². The molecule has 1 aromatic rings. The Morgan fingerprint density at radius 1 is 1.62 bits per heavy atom. The Kier molecular flexibility index (Phi) is 2.60. The molecule has 0 spiro atoms. The first-order valence-corrected chi connectivity index (χ1v) is 5.54. The Labute approximate surface area is 82.7 Å². The Morgan fingerprint density at radius 3 is 3.00 bits per heavy atom. The standard InChI is InChI=1S/C9H15N3S/c1-12-6-7(5-11-12)13-9-4-2-3-8(9)10/h5-6,8-9H,2-4,10H2,1H3. The molecule has 0 aromatic carbocycles. The van der Waals surface area contributed by atoms with Crippen LogP contribution in [-0.2, 0) is 7.05 Å². The second-order valence-electron chi connectivity index (χ2n) is 3.60. The summed E-state index contributed by atoms with van der Waals surface area (Å²) in [5.41, 5.74) is 5.99. The Hall–Kier alpha value is -0.480. The quantitative estimate of drug-likeness (QED) is 0.779. The van der Waals surface area contributed by atoms with Gasteiger partial charge in [-0.1, -0.05) is 6.42 Å². The first-order chi connectivity index (χ1) is 6.25. The molecule has 1 saturated carbocycles. The lowest BCUT2D eigenvalue weighted by Crippen LogP contribution is -2.26. The molecule has 0 aliphatic heterocycles. The first-order valence-electron chi connectivity index (χ1n) is 4.66. The van der Waals surface area contributed by atoms with Gasteiger partial charge in [0.2, 0.25) is 0 Å². The van der Waals surface area contributed by atoms with E-state index in [1.54, 1.807) is 0 Å². The normalized spacial score (nSPS) is 28.2. The van der Waals surface area contributed by atoms with Crippen molar-refractivity contribution in [3.05, 3.63) is 12.4 Å². The highest BCUT2D eigenvalue weighted by molar-refractivity contribution is 8.00. The molecule has 2 atom stereocenters. The van der Waals surface area contributed by atoms with Gasteiger partial charge in [-0.3, -0.25) is 4.68 Å². The van der Waals surface area contributed by atoms with Crippen LogP contribution in [0.5, 0.6) is 0 Å². The second-order valence-corrected chi connectivity index (χ2v) is 4.91. The molecule has 1 heterocycles. The molecule has 0 amide bonds. The summed E-state index contributed by atoms with van der Waals surface area (Å²) in [6.07, 6.45) is 7.67. The SMILES string of the molecule is Cn1cc(SC2CCCC2N)cn1. The van der Waals surface area contributed by atoms with Crippen molar-refractivity contribution in [3.8, 4) is 0 Å². The molecule has 2 N–H and O–H groups in total. The predicted octanol–water partition coefficient (Wildman–Crippen LogP) is 1.39. The molecular formula is C9H15N3S. The Morgan fingerprint density at radius 2 is 2.46 bits per heavy atom. The van der Waals surface area contributed by atoms with Gasteiger partial charge < -0.3 is 5.73 Å². The topological polar surface area (TPSA) is 43.8 Å². The summed E-state index contributed by atoms with van der Waals surface area (Å²) in [7, 11) is 1.94. The summed E-state index contributed by atoms with van der Waals surface area (Å²) >= 11 is 1.87. The van der Waals surface area contributed by atoms with Crippen molar-refractivity contribution in [2.24, 2.45) is 12.8 Å². The van der Waals surface area contributed by atoms with Crippen molar-refractivity contribution in [1.82, 2.24) is 9.78 Å². The molecule has 1 aliphatic rings. The molecule has 72 valence electrons. The van der Waals surface area contributed by atoms with Gasteiger partial charge >= 0.3 is 0 Å². The van der Waals surface area contributed by atoms with Gasteiger partial charge in [0.05, 0.1) is 6.20 Å². The van der Waals surface area contributed by atoms with Crippen molar-refractivity contribution >= 4 is 11.8 Å². The maximum atomic E-state index is 5.99. The van der Waals surface area contributed by atoms with Crippen molar-refractivity contribution in [3.63, 3.8) is 0 Å². The average molecular weight is 197 g/mol. The highest BCUT2D eigenvalue weighted by atomic mass is 32.2. The van der Waals surface area contributed by atoms with Crippen LogP contribution in [0.4, 0.5) is 0 Å². The van der Waals surface area contributed by atoms with E-state index in [2.05, 4.69) is 11.3 Å². The summed E-state index contributed by atoms with van der Waals surface area (Å²) in [5.74, 6) is 0. The van der Waals surface area contributed by atoms with E-state index >= 15 is 0 Å². The van der Waals surface area contributed by atoms with Crippen molar-refractivity contribution in [2.75, 3.05) is 0 Å². The first kappa shape index (κ1) is 9.09. The van der Waals surface area contributed by atoms with Crippen LogP contribution in [0.25, 0.3) is 0 Å². The zero-order chi connectivity index (χ0) is 9.26. The van der Waals surface area contributed by atoms with Gasteiger partial charge in [0, 0.05) is 29.4 Å². The van der Waals surface area contributed by atoms with E-state index in [-0.39, 0.29) is 0 Å². The molecule has 1 fully saturated rings. The summed E-state index contributed by atoms with van der Waals surface area (Å²) < 4.78 is 1.84. The lowest BCUT2D eigenvalue weighted by atomic mass is 10.3. The molecule has 2 rings (SSSR count). The van der Waals surface area contributed by atoms with E-state index in [4.69, 9.17) is 5.73 Å². The van der Waals surface area contributed by atoms with E-state index in [9.17, 15) is 0 Å². The third-order valence-corrected chi connectivity index (χ3v) is 3.84. The van der Waals surface area contributed by atoms with Gasteiger partial charge in [-0.05, 0) is 12.8 Å². The maximum Gasteiger partial charge on any atom is 0.0625 e. The number of nitrogens with two attached hydrogens (primary N) is 1. The molecule has 4 heteroatoms. The highest BCUT2D eigenvalue weighted by Gasteiger charge is 2.24. The number of hydrogen-bond acceptors (Lipinski definition) is 3. The Bertz CT molecular complexity index is 284. The molecule has 2 unspecified atom stereocenters. The predicted molar refractivity (Wildman–Crippen MR) is 54.7 cm³/mol. The smallest absolute Gasteiger partial charge is 0.0625 e. The Balaban J connectivity index is 1.97. The number of aromatic nitrogens is 2. The van der Waals surface area contributed by atoms with Crippen molar-refractivity contribution in [2.45, 2.75) is 35.4 Å². The van der Waals surface area contributed by atoms with Crippen LogP contribution in [0.1, 0.15) is 19.3 Å². The highest BCUT2D eigenvalue weighted by Crippen LogP contribution is 2.33. The minimum absolute atomic E-state index is 0.380. The minimum atomic E-state index is 0.380. The van der Waals surface area contributed by atoms with Gasteiger partial charge in [0.25, 0.3) is 0 Å². The third kappa shape index (κ3) is 2.06. The number of aryl methyl sites for hydroxylation is 1. The number of thioether (sulfide) groups is 1. The van der Waals surface area contributed by atoms with E-state index in [0.717, 1.165) is 0 Å². The number of rotatable bonds is 2. The largest absolute Gasteiger partial charge is 0.327 e. The fraction of sp³-hybridized carbons (Fsp3) is 0.667. The van der Waals surface area contributed by atoms with Gasteiger partial charge in [0.15, 0.2) is 0 Å². The van der Waals surface area contributed by atoms with Crippen LogP contribution in [0.15, 0.2) is 17.3 Å². The van der Waals surface area contributed by atoms with Crippen molar-refractivity contribution in [1.29, 1.82) is 0 Å². The molecule has 3 nitrogen and oxygen atoms in total. The fourth-order valence-electron chi connectivity index (χ4n) is 1.74. The zero-order valence-corrected chi connectivity index (χ0v) is 8.63. The van der Waals surface area contributed by atoms with E-state index in [1.165, 1.54) is 24.2 Å². The lowest BCUT2D eigenvalue weighted by molar-refractivity contribution is 0.716. The van der Waals surface area contributed by atoms with Crippen LogP contribution < -0.4 is 5.73 Å². The molecule has 0 radical (unpaired) electrons. The molecule has 1 aliphatic carbocycles. The number of nitrogens with zero attached hydrogens (tertiary/aromatic N) is 2.